The minimum atomic E-state index is -0.743. The van der Waals surface area contributed by atoms with Gasteiger partial charge in [0.2, 0.25) is 0 Å². The van der Waals surface area contributed by atoms with Gasteiger partial charge in [0.25, 0.3) is 0 Å². The van der Waals surface area contributed by atoms with E-state index in [0.29, 0.717) is 0 Å². The molecule has 0 spiro atoms. The Labute approximate surface area is 156 Å². The maximum atomic E-state index is 11.4. The average molecular weight is 446 g/mol. The molecule has 0 aromatic heterocycles. The van der Waals surface area contributed by atoms with Crippen molar-refractivity contribution in [2.75, 3.05) is 0 Å². The molecular weight excluding hydrogens is 426 g/mol. The third-order valence-corrected chi connectivity index (χ3v) is 8.90. The molecule has 0 heterocycles. The zero-order chi connectivity index (χ0) is 16.7. The van der Waals surface area contributed by atoms with Crippen LogP contribution >= 0.6 is 0 Å². The van der Waals surface area contributed by atoms with Crippen molar-refractivity contribution in [3.05, 3.63) is 96.6 Å². The van der Waals surface area contributed by atoms with E-state index in [9.17, 15) is 5.11 Å². The van der Waals surface area contributed by atoms with Gasteiger partial charge in [-0.3, -0.25) is 0 Å². The predicted octanol–water partition coefficient (Wildman–Crippen LogP) is 2.77. The standard InChI is InChI=1S/C21H20OSe2/c22-21(18-10-4-1-5-11-18,16-23-19-12-6-2-7-13-19)17-24-20-14-8-3-9-15-20/h1-15,22H,16-17H2. The van der Waals surface area contributed by atoms with Gasteiger partial charge in [0.1, 0.15) is 0 Å². The molecule has 3 aromatic carbocycles. The first-order valence-corrected chi connectivity index (χ1v) is 12.0. The van der Waals surface area contributed by atoms with Gasteiger partial charge in [-0.25, -0.2) is 0 Å². The molecule has 0 aliphatic carbocycles. The van der Waals surface area contributed by atoms with Gasteiger partial charge in [-0.1, -0.05) is 0 Å². The molecule has 0 unspecified atom stereocenters. The van der Waals surface area contributed by atoms with Gasteiger partial charge < -0.3 is 0 Å². The monoisotopic (exact) mass is 448 g/mol. The fourth-order valence-electron chi connectivity index (χ4n) is 2.40. The quantitative estimate of drug-likeness (QED) is 0.554. The first-order chi connectivity index (χ1) is 11.8. The van der Waals surface area contributed by atoms with E-state index >= 15 is 0 Å². The van der Waals surface area contributed by atoms with Gasteiger partial charge in [-0.2, -0.15) is 0 Å². The van der Waals surface area contributed by atoms with Crippen LogP contribution in [0.3, 0.4) is 0 Å². The molecule has 0 saturated heterocycles. The van der Waals surface area contributed by atoms with Gasteiger partial charge in [-0.05, 0) is 0 Å². The number of benzene rings is 3. The molecule has 1 N–H and O–H groups in total. The normalized spacial score (nSPS) is 11.4. The molecule has 1 nitrogen and oxygen atoms in total. The second-order valence-electron chi connectivity index (χ2n) is 5.60. The molecule has 0 aliphatic heterocycles. The van der Waals surface area contributed by atoms with Crippen molar-refractivity contribution in [2.24, 2.45) is 0 Å². The van der Waals surface area contributed by atoms with Crippen LogP contribution in [0.5, 0.6) is 0 Å². The summed E-state index contributed by atoms with van der Waals surface area (Å²) >= 11 is 0.525. The Kier molecular flexibility index (Phi) is 6.31. The molecule has 3 heteroatoms. The van der Waals surface area contributed by atoms with E-state index in [-0.39, 0.29) is 29.9 Å². The van der Waals surface area contributed by atoms with Gasteiger partial charge in [-0.15, -0.1) is 0 Å². The maximum absolute atomic E-state index is 11.4. The van der Waals surface area contributed by atoms with E-state index < -0.39 is 5.60 Å². The zero-order valence-corrected chi connectivity index (χ0v) is 16.8. The molecule has 0 radical (unpaired) electrons. The molecule has 3 rings (SSSR count). The third kappa shape index (κ3) is 4.83. The summed E-state index contributed by atoms with van der Waals surface area (Å²) in [5.74, 6) is 0. The average Bonchev–Trinajstić information content (AvgIpc) is 2.67. The Bertz CT molecular complexity index is 686. The first-order valence-electron chi connectivity index (χ1n) is 7.90. The van der Waals surface area contributed by atoms with Gasteiger partial charge in [0.05, 0.1) is 0 Å². The first kappa shape index (κ1) is 17.5. The van der Waals surface area contributed by atoms with Gasteiger partial charge >= 0.3 is 157 Å². The van der Waals surface area contributed by atoms with Crippen LogP contribution in [0.4, 0.5) is 0 Å². The number of aliphatic hydroxyl groups is 1. The summed E-state index contributed by atoms with van der Waals surface area (Å²) in [5, 5.41) is 13.1. The summed E-state index contributed by atoms with van der Waals surface area (Å²) in [6.07, 6.45) is 0. The van der Waals surface area contributed by atoms with E-state index in [1.807, 2.05) is 30.3 Å². The summed E-state index contributed by atoms with van der Waals surface area (Å²) in [6, 6.07) is 31.2. The molecule has 0 saturated carbocycles. The van der Waals surface area contributed by atoms with Crippen LogP contribution < -0.4 is 8.92 Å². The molecule has 0 amide bonds. The Balaban J connectivity index is 1.75. The van der Waals surface area contributed by atoms with Crippen LogP contribution in [0.2, 0.25) is 10.6 Å². The van der Waals surface area contributed by atoms with E-state index in [1.54, 1.807) is 0 Å². The molecule has 24 heavy (non-hydrogen) atoms. The Morgan fingerprint density at radius 1 is 0.583 bits per heavy atom. The van der Waals surface area contributed by atoms with Crippen molar-refractivity contribution in [1.82, 2.24) is 0 Å². The molecular formula is C21H20OSe2. The van der Waals surface area contributed by atoms with Crippen LogP contribution in [0, 0.1) is 0 Å². The number of hydrogen-bond donors (Lipinski definition) is 1. The molecule has 122 valence electrons. The van der Waals surface area contributed by atoms with E-state index in [1.165, 1.54) is 8.92 Å². The number of rotatable bonds is 7. The van der Waals surface area contributed by atoms with E-state index in [4.69, 9.17) is 0 Å². The second kappa shape index (κ2) is 8.67. The van der Waals surface area contributed by atoms with Gasteiger partial charge in [0, 0.05) is 0 Å². The van der Waals surface area contributed by atoms with E-state index in [2.05, 4.69) is 60.7 Å². The fraction of sp³-hybridized carbons (Fsp3) is 0.143. The SMILES string of the molecule is OC(C[Se]c1ccccc1)(C[Se]c1ccccc1)c1ccccc1. The van der Waals surface area contributed by atoms with Crippen molar-refractivity contribution in [3.8, 4) is 0 Å². The van der Waals surface area contributed by atoms with Crippen LogP contribution in [0.1, 0.15) is 5.56 Å². The summed E-state index contributed by atoms with van der Waals surface area (Å²) < 4.78 is 2.68. The Morgan fingerprint density at radius 2 is 0.958 bits per heavy atom. The van der Waals surface area contributed by atoms with Crippen molar-refractivity contribution in [2.45, 2.75) is 16.2 Å². The summed E-state index contributed by atoms with van der Waals surface area (Å²) in [7, 11) is 0. The molecule has 0 aliphatic rings. The fourth-order valence-corrected chi connectivity index (χ4v) is 7.35. The zero-order valence-electron chi connectivity index (χ0n) is 13.3. The van der Waals surface area contributed by atoms with Crippen LogP contribution in [-0.2, 0) is 5.60 Å². The topological polar surface area (TPSA) is 20.2 Å². The molecule has 0 atom stereocenters. The van der Waals surface area contributed by atoms with Crippen LogP contribution in [-0.4, -0.2) is 35.0 Å². The van der Waals surface area contributed by atoms with E-state index in [0.717, 1.165) is 16.2 Å². The Morgan fingerprint density at radius 3 is 1.38 bits per heavy atom. The molecule has 3 aromatic rings. The summed E-state index contributed by atoms with van der Waals surface area (Å²) in [6.45, 7) is 0. The van der Waals surface area contributed by atoms with Crippen LogP contribution in [0.25, 0.3) is 0 Å². The van der Waals surface area contributed by atoms with Gasteiger partial charge in [0.15, 0.2) is 0 Å². The number of hydrogen-bond acceptors (Lipinski definition) is 1. The van der Waals surface area contributed by atoms with Crippen molar-refractivity contribution >= 4 is 38.8 Å². The third-order valence-electron chi connectivity index (χ3n) is 3.75. The van der Waals surface area contributed by atoms with Crippen molar-refractivity contribution in [1.29, 1.82) is 0 Å². The summed E-state index contributed by atoms with van der Waals surface area (Å²) in [4.78, 5) is 0. The summed E-state index contributed by atoms with van der Waals surface area (Å²) in [5.41, 5.74) is 0.299. The minimum absolute atomic E-state index is 0.263. The second-order valence-corrected chi connectivity index (χ2v) is 10.0. The van der Waals surface area contributed by atoms with Crippen molar-refractivity contribution in [3.63, 3.8) is 0 Å². The Hall–Kier alpha value is -1.34. The van der Waals surface area contributed by atoms with Crippen molar-refractivity contribution < 1.29 is 5.11 Å². The predicted molar refractivity (Wildman–Crippen MR) is 104 cm³/mol. The molecule has 0 bridgehead atoms. The molecule has 0 fully saturated rings. The van der Waals surface area contributed by atoms with Crippen LogP contribution in [0.15, 0.2) is 91.0 Å².